The number of carbonyl (C=O) groups is 1. The second kappa shape index (κ2) is 7.25. The molecule has 26 heavy (non-hydrogen) atoms. The van der Waals surface area contributed by atoms with Crippen LogP contribution in [0.2, 0.25) is 0 Å². The van der Waals surface area contributed by atoms with Crippen LogP contribution in [0.5, 0.6) is 0 Å². The summed E-state index contributed by atoms with van der Waals surface area (Å²) in [5, 5.41) is 7.62. The maximum absolute atomic E-state index is 12.7. The molecule has 6 nitrogen and oxygen atoms in total. The summed E-state index contributed by atoms with van der Waals surface area (Å²) in [6.45, 7) is 7.21. The Morgan fingerprint density at radius 2 is 1.96 bits per heavy atom. The minimum Gasteiger partial charge on any atom is -0.383 e. The van der Waals surface area contributed by atoms with E-state index in [4.69, 9.17) is 9.84 Å². The van der Waals surface area contributed by atoms with Gasteiger partial charge in [-0.3, -0.25) is 4.79 Å². The average molecular weight is 352 g/mol. The van der Waals surface area contributed by atoms with Crippen molar-refractivity contribution in [3.05, 3.63) is 53.9 Å². The number of hydrogen-bond donors (Lipinski definition) is 1. The average Bonchev–Trinajstić information content (AvgIpc) is 3.06. The third kappa shape index (κ3) is 3.60. The van der Waals surface area contributed by atoms with Crippen LogP contribution in [0, 0.1) is 0 Å². The first kappa shape index (κ1) is 18.1. The molecular weight excluding hydrogens is 328 g/mol. The molecule has 3 aromatic rings. The summed E-state index contributed by atoms with van der Waals surface area (Å²) in [7, 11) is 1.60. The Morgan fingerprint density at radius 1 is 1.23 bits per heavy atom. The van der Waals surface area contributed by atoms with E-state index in [0.29, 0.717) is 18.7 Å². The largest absolute Gasteiger partial charge is 0.383 e. The lowest BCUT2D eigenvalue weighted by Crippen LogP contribution is -2.28. The van der Waals surface area contributed by atoms with Crippen LogP contribution >= 0.6 is 0 Å². The molecule has 1 amide bonds. The first-order chi connectivity index (χ1) is 12.4. The number of fused-ring (bicyclic) bond motifs is 1. The van der Waals surface area contributed by atoms with Crippen LogP contribution in [0.15, 0.2) is 42.6 Å². The number of amides is 1. The molecule has 0 saturated carbocycles. The SMILES string of the molecule is COCCNC(=O)c1cnc2cc(C(C)(C)C)nn2c1-c1ccccc1. The molecule has 3 rings (SSSR count). The number of ether oxygens (including phenoxy) is 1. The van der Waals surface area contributed by atoms with Crippen molar-refractivity contribution in [2.24, 2.45) is 0 Å². The van der Waals surface area contributed by atoms with Gasteiger partial charge in [-0.1, -0.05) is 51.1 Å². The van der Waals surface area contributed by atoms with E-state index in [0.717, 1.165) is 22.6 Å². The molecule has 0 radical (unpaired) electrons. The maximum atomic E-state index is 12.7. The minimum absolute atomic E-state index is 0.109. The van der Waals surface area contributed by atoms with Crippen molar-refractivity contribution in [2.75, 3.05) is 20.3 Å². The number of hydrogen-bond acceptors (Lipinski definition) is 4. The summed E-state index contributed by atoms with van der Waals surface area (Å²) in [6.07, 6.45) is 1.62. The molecule has 6 heteroatoms. The molecule has 1 N–H and O–H groups in total. The van der Waals surface area contributed by atoms with Crippen LogP contribution in [0.4, 0.5) is 0 Å². The van der Waals surface area contributed by atoms with E-state index >= 15 is 0 Å². The number of carbonyl (C=O) groups excluding carboxylic acids is 1. The monoisotopic (exact) mass is 352 g/mol. The van der Waals surface area contributed by atoms with Gasteiger partial charge in [-0.25, -0.2) is 9.50 Å². The van der Waals surface area contributed by atoms with Gasteiger partial charge in [0.2, 0.25) is 0 Å². The van der Waals surface area contributed by atoms with Gasteiger partial charge in [0.15, 0.2) is 5.65 Å². The topological polar surface area (TPSA) is 68.5 Å². The summed E-state index contributed by atoms with van der Waals surface area (Å²) in [4.78, 5) is 17.2. The predicted octanol–water partition coefficient (Wildman–Crippen LogP) is 3.07. The molecule has 0 bridgehead atoms. The first-order valence-electron chi connectivity index (χ1n) is 8.63. The van der Waals surface area contributed by atoms with Crippen molar-refractivity contribution in [3.63, 3.8) is 0 Å². The molecule has 0 fully saturated rings. The van der Waals surface area contributed by atoms with E-state index in [-0.39, 0.29) is 11.3 Å². The predicted molar refractivity (Wildman–Crippen MR) is 101 cm³/mol. The maximum Gasteiger partial charge on any atom is 0.255 e. The summed E-state index contributed by atoms with van der Waals surface area (Å²) in [6, 6.07) is 11.8. The van der Waals surface area contributed by atoms with Gasteiger partial charge < -0.3 is 10.1 Å². The fourth-order valence-electron chi connectivity index (χ4n) is 2.70. The third-order valence-corrected chi connectivity index (χ3v) is 4.14. The number of methoxy groups -OCH3 is 1. The molecule has 0 aliphatic carbocycles. The zero-order chi connectivity index (χ0) is 18.7. The highest BCUT2D eigenvalue weighted by Gasteiger charge is 2.22. The van der Waals surface area contributed by atoms with Crippen molar-refractivity contribution in [1.82, 2.24) is 19.9 Å². The Hall–Kier alpha value is -2.73. The van der Waals surface area contributed by atoms with E-state index in [1.807, 2.05) is 36.4 Å². The quantitative estimate of drug-likeness (QED) is 0.717. The first-order valence-corrected chi connectivity index (χ1v) is 8.63. The van der Waals surface area contributed by atoms with Gasteiger partial charge in [-0.2, -0.15) is 5.10 Å². The highest BCUT2D eigenvalue weighted by Crippen LogP contribution is 2.27. The third-order valence-electron chi connectivity index (χ3n) is 4.14. The Kier molecular flexibility index (Phi) is 5.04. The molecule has 136 valence electrons. The summed E-state index contributed by atoms with van der Waals surface area (Å²) in [5.41, 5.74) is 3.69. The van der Waals surface area contributed by atoms with Gasteiger partial charge in [-0.15, -0.1) is 0 Å². The summed E-state index contributed by atoms with van der Waals surface area (Å²) >= 11 is 0. The van der Waals surface area contributed by atoms with Gasteiger partial charge in [0.25, 0.3) is 5.91 Å². The van der Waals surface area contributed by atoms with Crippen molar-refractivity contribution in [1.29, 1.82) is 0 Å². The molecule has 2 heterocycles. The summed E-state index contributed by atoms with van der Waals surface area (Å²) < 4.78 is 6.77. The Bertz CT molecular complexity index is 911. The van der Waals surface area contributed by atoms with Gasteiger partial charge in [0.05, 0.1) is 23.6 Å². The zero-order valence-corrected chi connectivity index (χ0v) is 15.6. The van der Waals surface area contributed by atoms with Crippen molar-refractivity contribution in [2.45, 2.75) is 26.2 Å². The van der Waals surface area contributed by atoms with Gasteiger partial charge >= 0.3 is 0 Å². The highest BCUT2D eigenvalue weighted by molar-refractivity contribution is 6.00. The Balaban J connectivity index is 2.16. The molecule has 0 spiro atoms. The fourth-order valence-corrected chi connectivity index (χ4v) is 2.70. The second-order valence-electron chi connectivity index (χ2n) is 7.18. The molecule has 1 aromatic carbocycles. The highest BCUT2D eigenvalue weighted by atomic mass is 16.5. The van der Waals surface area contributed by atoms with Crippen molar-refractivity contribution in [3.8, 4) is 11.3 Å². The normalized spacial score (nSPS) is 11.7. The number of nitrogens with one attached hydrogen (secondary N) is 1. The zero-order valence-electron chi connectivity index (χ0n) is 15.6. The van der Waals surface area contributed by atoms with E-state index in [9.17, 15) is 4.79 Å². The minimum atomic E-state index is -0.192. The van der Waals surface area contributed by atoms with Gasteiger partial charge in [0.1, 0.15) is 0 Å². The lowest BCUT2D eigenvalue weighted by molar-refractivity contribution is 0.0937. The number of aromatic nitrogens is 3. The van der Waals surface area contributed by atoms with E-state index in [1.165, 1.54) is 0 Å². The number of nitrogens with zero attached hydrogens (tertiary/aromatic N) is 3. The summed E-state index contributed by atoms with van der Waals surface area (Å²) in [5.74, 6) is -0.192. The number of rotatable bonds is 5. The Labute approximate surface area is 153 Å². The van der Waals surface area contributed by atoms with Crippen LogP contribution in [0.25, 0.3) is 16.9 Å². The molecule has 0 atom stereocenters. The van der Waals surface area contributed by atoms with E-state index in [2.05, 4.69) is 31.1 Å². The lowest BCUT2D eigenvalue weighted by Gasteiger charge is -2.14. The number of benzene rings is 1. The molecule has 0 aliphatic rings. The molecule has 0 aliphatic heterocycles. The molecule has 0 unspecified atom stereocenters. The van der Waals surface area contributed by atoms with Crippen LogP contribution in [0.3, 0.4) is 0 Å². The van der Waals surface area contributed by atoms with Crippen LogP contribution < -0.4 is 5.32 Å². The van der Waals surface area contributed by atoms with E-state index < -0.39 is 0 Å². The molecule has 0 saturated heterocycles. The van der Waals surface area contributed by atoms with Crippen LogP contribution in [-0.2, 0) is 10.2 Å². The fraction of sp³-hybridized carbons (Fsp3) is 0.350. The second-order valence-corrected chi connectivity index (χ2v) is 7.18. The van der Waals surface area contributed by atoms with Gasteiger partial charge in [-0.05, 0) is 0 Å². The standard InChI is InChI=1S/C20H24N4O2/c1-20(2,3)16-12-17-22-13-15(19(25)21-10-11-26-4)18(24(17)23-16)14-8-6-5-7-9-14/h5-9,12-13H,10-11H2,1-4H3,(H,21,25). The van der Waals surface area contributed by atoms with Crippen LogP contribution in [0.1, 0.15) is 36.8 Å². The van der Waals surface area contributed by atoms with Crippen LogP contribution in [-0.4, -0.2) is 40.8 Å². The van der Waals surface area contributed by atoms with Crippen molar-refractivity contribution < 1.29 is 9.53 Å². The van der Waals surface area contributed by atoms with Gasteiger partial charge in [0, 0.05) is 36.9 Å². The van der Waals surface area contributed by atoms with E-state index in [1.54, 1.807) is 17.8 Å². The molecular formula is C20H24N4O2. The molecule has 2 aromatic heterocycles. The van der Waals surface area contributed by atoms with Crippen molar-refractivity contribution >= 4 is 11.6 Å². The Morgan fingerprint density at radius 3 is 2.62 bits per heavy atom. The smallest absolute Gasteiger partial charge is 0.255 e. The lowest BCUT2D eigenvalue weighted by atomic mass is 9.93.